The molecular formula is C17H23F4NO3. The van der Waals surface area contributed by atoms with Gasteiger partial charge in [0.05, 0.1) is 12.6 Å². The standard InChI is InChI=1S/C17H23F4NO3/c1-10(2)11(3)7-15(23)22-14(9-24-16(18)19)12-5-4-6-13(8-12)25-17(20)21/h4-6,8,10-11,14,16-17H,7,9H2,1-3H3,(H,22,23). The summed E-state index contributed by atoms with van der Waals surface area (Å²) in [6, 6.07) is 4.62. The van der Waals surface area contributed by atoms with Crippen molar-refractivity contribution < 1.29 is 31.8 Å². The molecule has 0 heterocycles. The first kappa shape index (κ1) is 21.2. The molecule has 0 spiro atoms. The monoisotopic (exact) mass is 365 g/mol. The molecule has 0 aliphatic rings. The van der Waals surface area contributed by atoms with Crippen molar-refractivity contribution in [2.75, 3.05) is 6.61 Å². The van der Waals surface area contributed by atoms with Crippen molar-refractivity contribution in [2.45, 2.75) is 46.5 Å². The van der Waals surface area contributed by atoms with Crippen molar-refractivity contribution in [1.82, 2.24) is 5.32 Å². The minimum atomic E-state index is -3.01. The van der Waals surface area contributed by atoms with Crippen LogP contribution in [0.1, 0.15) is 38.8 Å². The van der Waals surface area contributed by atoms with Gasteiger partial charge in [-0.3, -0.25) is 4.79 Å². The van der Waals surface area contributed by atoms with Gasteiger partial charge in [0.1, 0.15) is 5.75 Å². The Balaban J connectivity index is 2.87. The van der Waals surface area contributed by atoms with E-state index in [0.29, 0.717) is 5.56 Å². The van der Waals surface area contributed by atoms with Crippen LogP contribution in [0.2, 0.25) is 0 Å². The third kappa shape index (κ3) is 8.20. The molecule has 0 fully saturated rings. The Morgan fingerprint density at radius 1 is 1.12 bits per heavy atom. The van der Waals surface area contributed by atoms with E-state index in [1.54, 1.807) is 0 Å². The molecule has 0 saturated carbocycles. The number of nitrogens with one attached hydrogen (secondary N) is 1. The van der Waals surface area contributed by atoms with Crippen LogP contribution in [0.3, 0.4) is 0 Å². The van der Waals surface area contributed by atoms with Crippen molar-refractivity contribution in [1.29, 1.82) is 0 Å². The first-order valence-electron chi connectivity index (χ1n) is 7.93. The predicted molar refractivity (Wildman–Crippen MR) is 84.5 cm³/mol. The number of benzene rings is 1. The van der Waals surface area contributed by atoms with Crippen LogP contribution in [0.15, 0.2) is 24.3 Å². The summed E-state index contributed by atoms with van der Waals surface area (Å²) in [6.07, 6.45) is 0.218. The van der Waals surface area contributed by atoms with Crippen LogP contribution in [-0.4, -0.2) is 25.7 Å². The smallest absolute Gasteiger partial charge is 0.387 e. The molecule has 2 atom stereocenters. The van der Waals surface area contributed by atoms with Crippen molar-refractivity contribution in [2.24, 2.45) is 11.8 Å². The Morgan fingerprint density at radius 2 is 1.80 bits per heavy atom. The van der Waals surface area contributed by atoms with Gasteiger partial charge >= 0.3 is 13.2 Å². The number of rotatable bonds is 10. The molecule has 142 valence electrons. The summed E-state index contributed by atoms with van der Waals surface area (Å²) in [5.74, 6) is -0.0713. The highest BCUT2D eigenvalue weighted by molar-refractivity contribution is 5.76. The van der Waals surface area contributed by atoms with Crippen LogP contribution < -0.4 is 10.1 Å². The van der Waals surface area contributed by atoms with Gasteiger partial charge in [-0.15, -0.1) is 0 Å². The molecule has 25 heavy (non-hydrogen) atoms. The minimum absolute atomic E-state index is 0.102. The zero-order chi connectivity index (χ0) is 19.0. The van der Waals surface area contributed by atoms with Crippen LogP contribution in [0.5, 0.6) is 5.75 Å². The summed E-state index contributed by atoms with van der Waals surface area (Å²) in [5, 5.41) is 2.61. The average Bonchev–Trinajstić information content (AvgIpc) is 2.50. The molecule has 4 nitrogen and oxygen atoms in total. The fourth-order valence-electron chi connectivity index (χ4n) is 2.08. The number of hydrogen-bond donors (Lipinski definition) is 1. The molecule has 1 rings (SSSR count). The molecular weight excluding hydrogens is 342 g/mol. The van der Waals surface area contributed by atoms with E-state index in [4.69, 9.17) is 0 Å². The maximum atomic E-state index is 12.4. The number of hydrogen-bond acceptors (Lipinski definition) is 3. The lowest BCUT2D eigenvalue weighted by atomic mass is 9.94. The molecule has 8 heteroatoms. The topological polar surface area (TPSA) is 47.6 Å². The SMILES string of the molecule is CC(C)C(C)CC(=O)NC(COC(F)F)c1cccc(OC(F)F)c1. The Kier molecular flexibility index (Phi) is 8.68. The second-order valence-electron chi connectivity index (χ2n) is 6.09. The summed E-state index contributed by atoms with van der Waals surface area (Å²) in [6.45, 7) is -0.646. The lowest BCUT2D eigenvalue weighted by Crippen LogP contribution is -2.33. The van der Waals surface area contributed by atoms with E-state index in [-0.39, 0.29) is 29.9 Å². The zero-order valence-corrected chi connectivity index (χ0v) is 14.3. The number of halogens is 4. The van der Waals surface area contributed by atoms with Crippen LogP contribution in [0.4, 0.5) is 17.6 Å². The molecule has 2 unspecified atom stereocenters. The minimum Gasteiger partial charge on any atom is -0.435 e. The Hall–Kier alpha value is -1.83. The highest BCUT2D eigenvalue weighted by Crippen LogP contribution is 2.23. The van der Waals surface area contributed by atoms with Crippen LogP contribution >= 0.6 is 0 Å². The quantitative estimate of drug-likeness (QED) is 0.627. The molecule has 1 aromatic rings. The van der Waals surface area contributed by atoms with Gasteiger partial charge in [-0.05, 0) is 29.5 Å². The van der Waals surface area contributed by atoms with Gasteiger partial charge in [0.25, 0.3) is 0 Å². The summed E-state index contributed by atoms with van der Waals surface area (Å²) < 4.78 is 57.9. The van der Waals surface area contributed by atoms with Gasteiger partial charge in [0, 0.05) is 6.42 Å². The Bertz CT molecular complexity index is 540. The molecule has 0 saturated heterocycles. The molecule has 0 aliphatic heterocycles. The number of amides is 1. The molecule has 1 aromatic carbocycles. The normalized spacial score (nSPS) is 14.0. The van der Waals surface area contributed by atoms with E-state index in [1.807, 2.05) is 20.8 Å². The fraction of sp³-hybridized carbons (Fsp3) is 0.588. The summed E-state index contributed by atoms with van der Waals surface area (Å²) in [4.78, 5) is 12.1. The predicted octanol–water partition coefficient (Wildman–Crippen LogP) is 4.37. The van der Waals surface area contributed by atoms with E-state index in [1.165, 1.54) is 24.3 Å². The fourth-order valence-corrected chi connectivity index (χ4v) is 2.08. The van der Waals surface area contributed by atoms with Crippen LogP contribution in [0.25, 0.3) is 0 Å². The van der Waals surface area contributed by atoms with Crippen molar-refractivity contribution in [3.8, 4) is 5.75 Å². The van der Waals surface area contributed by atoms with Gasteiger partial charge in [-0.25, -0.2) is 0 Å². The van der Waals surface area contributed by atoms with E-state index in [2.05, 4.69) is 14.8 Å². The van der Waals surface area contributed by atoms with Gasteiger partial charge in [-0.1, -0.05) is 32.9 Å². The van der Waals surface area contributed by atoms with Gasteiger partial charge in [0.2, 0.25) is 5.91 Å². The Labute approximate surface area is 144 Å². The van der Waals surface area contributed by atoms with Crippen molar-refractivity contribution in [3.63, 3.8) is 0 Å². The van der Waals surface area contributed by atoms with Gasteiger partial charge in [-0.2, -0.15) is 17.6 Å². The molecule has 1 N–H and O–H groups in total. The number of alkyl halides is 4. The van der Waals surface area contributed by atoms with E-state index >= 15 is 0 Å². The van der Waals surface area contributed by atoms with Gasteiger partial charge < -0.3 is 14.8 Å². The average molecular weight is 365 g/mol. The van der Waals surface area contributed by atoms with E-state index in [0.717, 1.165) is 0 Å². The first-order valence-corrected chi connectivity index (χ1v) is 7.93. The number of ether oxygens (including phenoxy) is 2. The van der Waals surface area contributed by atoms with E-state index < -0.39 is 25.9 Å². The molecule has 0 aromatic heterocycles. The largest absolute Gasteiger partial charge is 0.435 e. The highest BCUT2D eigenvalue weighted by atomic mass is 19.3. The first-order chi connectivity index (χ1) is 11.7. The number of carbonyl (C=O) groups is 1. The molecule has 0 bridgehead atoms. The third-order valence-corrected chi connectivity index (χ3v) is 3.86. The number of carbonyl (C=O) groups excluding carboxylic acids is 1. The maximum absolute atomic E-state index is 12.4. The van der Waals surface area contributed by atoms with Crippen LogP contribution in [0, 0.1) is 11.8 Å². The highest BCUT2D eigenvalue weighted by Gasteiger charge is 2.20. The van der Waals surface area contributed by atoms with Gasteiger partial charge in [0.15, 0.2) is 0 Å². The van der Waals surface area contributed by atoms with E-state index in [9.17, 15) is 22.4 Å². The summed E-state index contributed by atoms with van der Waals surface area (Å²) >= 11 is 0. The van der Waals surface area contributed by atoms with Crippen molar-refractivity contribution in [3.05, 3.63) is 29.8 Å². The summed E-state index contributed by atoms with van der Waals surface area (Å²) in [5.41, 5.74) is 0.337. The maximum Gasteiger partial charge on any atom is 0.387 e. The second kappa shape index (κ2) is 10.2. The third-order valence-electron chi connectivity index (χ3n) is 3.86. The Morgan fingerprint density at radius 3 is 2.36 bits per heavy atom. The second-order valence-corrected chi connectivity index (χ2v) is 6.09. The lowest BCUT2D eigenvalue weighted by molar-refractivity contribution is -0.139. The summed E-state index contributed by atoms with van der Waals surface area (Å²) in [7, 11) is 0. The molecule has 0 aliphatic carbocycles. The zero-order valence-electron chi connectivity index (χ0n) is 14.3. The molecule has 0 radical (unpaired) electrons. The molecule has 1 amide bonds. The van der Waals surface area contributed by atoms with Crippen LogP contribution in [-0.2, 0) is 9.53 Å². The lowest BCUT2D eigenvalue weighted by Gasteiger charge is -2.22. The van der Waals surface area contributed by atoms with Crippen molar-refractivity contribution >= 4 is 5.91 Å².